The summed E-state index contributed by atoms with van der Waals surface area (Å²) < 4.78 is 0. The van der Waals surface area contributed by atoms with Gasteiger partial charge in [0.05, 0.1) is 10.6 Å². The lowest BCUT2D eigenvalue weighted by molar-refractivity contribution is -0.144. The Morgan fingerprint density at radius 3 is 2.71 bits per heavy atom. The van der Waals surface area contributed by atoms with Crippen molar-refractivity contribution in [1.82, 2.24) is 14.8 Å². The highest BCUT2D eigenvalue weighted by molar-refractivity contribution is 6.33. The van der Waals surface area contributed by atoms with Crippen molar-refractivity contribution in [3.63, 3.8) is 0 Å². The van der Waals surface area contributed by atoms with Crippen LogP contribution in [0.1, 0.15) is 24.2 Å². The molecular weight excluding hydrogens is 294 g/mol. The minimum atomic E-state index is -0.901. The van der Waals surface area contributed by atoms with Gasteiger partial charge in [-0.2, -0.15) is 0 Å². The number of hydrazine groups is 1. The van der Waals surface area contributed by atoms with Crippen LogP contribution in [0, 0.1) is 0 Å². The summed E-state index contributed by atoms with van der Waals surface area (Å²) in [6.45, 7) is 4.42. The first kappa shape index (κ1) is 15.5. The van der Waals surface area contributed by atoms with Crippen LogP contribution in [0.25, 0.3) is 0 Å². The van der Waals surface area contributed by atoms with E-state index < -0.39 is 5.54 Å². The number of piperazine rings is 1. The number of hydrogen-bond acceptors (Lipinski definition) is 5. The molecule has 0 radical (unpaired) electrons. The summed E-state index contributed by atoms with van der Waals surface area (Å²) in [7, 11) is 1.73. The number of aromatic nitrogens is 1. The molecule has 0 unspecified atom stereocenters. The zero-order chi connectivity index (χ0) is 15.8. The quantitative estimate of drug-likeness (QED) is 0.620. The second-order valence-corrected chi connectivity index (χ2v) is 5.85. The van der Waals surface area contributed by atoms with Crippen molar-refractivity contribution in [2.45, 2.75) is 19.4 Å². The van der Waals surface area contributed by atoms with Crippen molar-refractivity contribution in [3.8, 4) is 0 Å². The van der Waals surface area contributed by atoms with E-state index in [9.17, 15) is 9.59 Å². The molecule has 8 heteroatoms. The molecule has 0 aliphatic carbocycles. The molecule has 0 bridgehead atoms. The molecule has 1 aromatic heterocycles. The maximum absolute atomic E-state index is 12.6. The Labute approximate surface area is 128 Å². The smallest absolute Gasteiger partial charge is 0.256 e. The van der Waals surface area contributed by atoms with Gasteiger partial charge in [0.25, 0.3) is 5.91 Å². The van der Waals surface area contributed by atoms with Crippen molar-refractivity contribution in [3.05, 3.63) is 22.8 Å². The molecule has 114 valence electrons. The molecule has 2 amide bonds. The normalized spacial score (nSPS) is 17.9. The van der Waals surface area contributed by atoms with Crippen LogP contribution in [0.2, 0.25) is 5.02 Å². The third-order valence-corrected chi connectivity index (χ3v) is 3.96. The predicted molar refractivity (Wildman–Crippen MR) is 79.8 cm³/mol. The Morgan fingerprint density at radius 2 is 2.14 bits per heavy atom. The van der Waals surface area contributed by atoms with E-state index in [1.54, 1.807) is 25.8 Å². The fourth-order valence-electron chi connectivity index (χ4n) is 2.39. The molecule has 7 nitrogen and oxygen atoms in total. The third kappa shape index (κ3) is 2.66. The average molecular weight is 312 g/mol. The fourth-order valence-corrected chi connectivity index (χ4v) is 2.61. The lowest BCUT2D eigenvalue weighted by Gasteiger charge is -2.44. The van der Waals surface area contributed by atoms with E-state index >= 15 is 0 Å². The largest absolute Gasteiger partial charge is 0.342 e. The highest BCUT2D eigenvalue weighted by atomic mass is 35.5. The molecule has 0 saturated carbocycles. The summed E-state index contributed by atoms with van der Waals surface area (Å²) in [5.41, 5.74) is 1.76. The lowest BCUT2D eigenvalue weighted by atomic mass is 9.97. The van der Waals surface area contributed by atoms with Gasteiger partial charge in [-0.05, 0) is 19.9 Å². The first-order chi connectivity index (χ1) is 9.78. The van der Waals surface area contributed by atoms with Crippen molar-refractivity contribution >= 4 is 29.2 Å². The number of pyridine rings is 1. The van der Waals surface area contributed by atoms with E-state index in [1.165, 1.54) is 17.2 Å². The predicted octanol–water partition coefficient (Wildman–Crippen LogP) is 0.713. The number of halogens is 1. The summed E-state index contributed by atoms with van der Waals surface area (Å²) in [5.74, 6) is 5.17. The number of carbonyl (C=O) groups is 2. The van der Waals surface area contributed by atoms with Crippen LogP contribution < -0.4 is 11.3 Å². The average Bonchev–Trinajstić information content (AvgIpc) is 2.44. The van der Waals surface area contributed by atoms with Crippen LogP contribution in [0.15, 0.2) is 12.3 Å². The number of amides is 2. The number of anilines is 1. The van der Waals surface area contributed by atoms with Crippen molar-refractivity contribution in [1.29, 1.82) is 0 Å². The number of carbonyl (C=O) groups excluding carboxylic acids is 2. The summed E-state index contributed by atoms with van der Waals surface area (Å²) in [6, 6.07) is 1.49. The molecule has 1 aliphatic rings. The van der Waals surface area contributed by atoms with E-state index in [-0.39, 0.29) is 16.8 Å². The molecule has 0 atom stereocenters. The van der Waals surface area contributed by atoms with Gasteiger partial charge in [0.15, 0.2) is 5.82 Å². The van der Waals surface area contributed by atoms with Gasteiger partial charge >= 0.3 is 0 Å². The van der Waals surface area contributed by atoms with Gasteiger partial charge in [0, 0.05) is 26.3 Å². The topological polar surface area (TPSA) is 91.6 Å². The molecular formula is C13H18ClN5O2. The van der Waals surface area contributed by atoms with Gasteiger partial charge in [0.2, 0.25) is 5.91 Å². The van der Waals surface area contributed by atoms with Gasteiger partial charge in [-0.3, -0.25) is 9.59 Å². The summed E-state index contributed by atoms with van der Waals surface area (Å²) in [6.07, 6.45) is 1.39. The lowest BCUT2D eigenvalue weighted by Crippen LogP contribution is -2.63. The molecule has 1 saturated heterocycles. The number of nitrogens with two attached hydrogens (primary N) is 1. The molecule has 3 N–H and O–H groups in total. The Hall–Kier alpha value is -1.86. The second kappa shape index (κ2) is 5.50. The van der Waals surface area contributed by atoms with Crippen molar-refractivity contribution in [2.75, 3.05) is 25.6 Å². The number of nitrogens with zero attached hydrogens (tertiary/aromatic N) is 3. The number of rotatable bonds is 2. The number of likely N-dealkylation sites (N-methyl/N-ethyl adjacent to an activating group) is 1. The molecule has 2 rings (SSSR count). The molecule has 1 aliphatic heterocycles. The molecule has 0 aromatic carbocycles. The Morgan fingerprint density at radius 1 is 1.48 bits per heavy atom. The fraction of sp³-hybridized carbons (Fsp3) is 0.462. The summed E-state index contributed by atoms with van der Waals surface area (Å²) in [4.78, 5) is 32.0. The van der Waals surface area contributed by atoms with E-state index in [0.29, 0.717) is 24.5 Å². The first-order valence-electron chi connectivity index (χ1n) is 6.48. The maximum atomic E-state index is 12.6. The van der Waals surface area contributed by atoms with E-state index in [4.69, 9.17) is 17.4 Å². The minimum absolute atomic E-state index is 0.0959. The second-order valence-electron chi connectivity index (χ2n) is 5.44. The van der Waals surface area contributed by atoms with E-state index in [1.807, 2.05) is 0 Å². The van der Waals surface area contributed by atoms with Gasteiger partial charge < -0.3 is 15.2 Å². The zero-order valence-corrected chi connectivity index (χ0v) is 12.9. The van der Waals surface area contributed by atoms with Crippen LogP contribution in [0.5, 0.6) is 0 Å². The highest BCUT2D eigenvalue weighted by Gasteiger charge is 2.43. The maximum Gasteiger partial charge on any atom is 0.256 e. The van der Waals surface area contributed by atoms with Gasteiger partial charge in [-0.25, -0.2) is 10.8 Å². The van der Waals surface area contributed by atoms with Crippen LogP contribution in [0.3, 0.4) is 0 Å². The SMILES string of the molecule is CN1CCN(C(=O)c2cnc(NN)c(Cl)c2)C(C)(C)C1=O. The summed E-state index contributed by atoms with van der Waals surface area (Å²) in [5, 5.41) is 0.251. The first-order valence-corrected chi connectivity index (χ1v) is 6.86. The molecule has 0 spiro atoms. The third-order valence-electron chi connectivity index (χ3n) is 3.67. The molecule has 21 heavy (non-hydrogen) atoms. The standard InChI is InChI=1S/C13H18ClN5O2/c1-13(2)12(21)18(3)4-5-19(13)11(20)8-6-9(14)10(17-15)16-7-8/h6-7H,4-5,15H2,1-3H3,(H,16,17). The van der Waals surface area contributed by atoms with Gasteiger partial charge in [0.1, 0.15) is 5.54 Å². The van der Waals surface area contributed by atoms with Gasteiger partial charge in [-0.1, -0.05) is 11.6 Å². The number of nitrogens with one attached hydrogen (secondary N) is 1. The summed E-state index contributed by atoms with van der Waals surface area (Å²) >= 11 is 5.98. The zero-order valence-electron chi connectivity index (χ0n) is 12.2. The Bertz CT molecular complexity index is 590. The van der Waals surface area contributed by atoms with Crippen LogP contribution in [-0.2, 0) is 4.79 Å². The number of hydrogen-bond donors (Lipinski definition) is 2. The molecule has 1 fully saturated rings. The molecule has 2 heterocycles. The van der Waals surface area contributed by atoms with Crippen LogP contribution >= 0.6 is 11.6 Å². The monoisotopic (exact) mass is 311 g/mol. The highest BCUT2D eigenvalue weighted by Crippen LogP contribution is 2.26. The van der Waals surface area contributed by atoms with Crippen molar-refractivity contribution < 1.29 is 9.59 Å². The van der Waals surface area contributed by atoms with E-state index in [0.717, 1.165) is 0 Å². The van der Waals surface area contributed by atoms with Crippen LogP contribution in [-0.4, -0.2) is 52.3 Å². The van der Waals surface area contributed by atoms with E-state index in [2.05, 4.69) is 10.4 Å². The minimum Gasteiger partial charge on any atom is -0.342 e. The number of nitrogen functional groups attached to an aromatic ring is 1. The van der Waals surface area contributed by atoms with Gasteiger partial charge in [-0.15, -0.1) is 0 Å². The van der Waals surface area contributed by atoms with Crippen LogP contribution in [0.4, 0.5) is 5.82 Å². The van der Waals surface area contributed by atoms with Crippen molar-refractivity contribution in [2.24, 2.45) is 5.84 Å². The molecule has 1 aromatic rings. The Kier molecular flexibility index (Phi) is 4.06. The Balaban J connectivity index is 2.31.